The van der Waals surface area contributed by atoms with E-state index in [-0.39, 0.29) is 11.4 Å². The Morgan fingerprint density at radius 2 is 1.54 bits per heavy atom. The highest BCUT2D eigenvalue weighted by Crippen LogP contribution is 2.27. The molecule has 3 rings (SSSR count). The van der Waals surface area contributed by atoms with Gasteiger partial charge < -0.3 is 15.4 Å². The Morgan fingerprint density at radius 1 is 0.964 bits per heavy atom. The highest BCUT2D eigenvalue weighted by atomic mass is 16.5. The molecule has 1 saturated heterocycles. The Morgan fingerprint density at radius 3 is 2.14 bits per heavy atom. The second-order valence-corrected chi connectivity index (χ2v) is 8.21. The van der Waals surface area contributed by atoms with Crippen LogP contribution in [0.5, 0.6) is 0 Å². The molecule has 28 heavy (non-hydrogen) atoms. The zero-order valence-electron chi connectivity index (χ0n) is 17.1. The average molecular weight is 382 g/mol. The molecular weight excluding hydrogens is 350 g/mol. The first-order valence-corrected chi connectivity index (χ1v) is 9.91. The van der Waals surface area contributed by atoms with Crippen LogP contribution >= 0.6 is 0 Å². The van der Waals surface area contributed by atoms with Crippen molar-refractivity contribution >= 4 is 11.6 Å². The fourth-order valence-corrected chi connectivity index (χ4v) is 3.63. The van der Waals surface area contributed by atoms with Gasteiger partial charge in [-0.3, -0.25) is 9.69 Å². The number of morpholine rings is 1. The Labute approximate surface area is 168 Å². The highest BCUT2D eigenvalue weighted by molar-refractivity contribution is 5.90. The summed E-state index contributed by atoms with van der Waals surface area (Å²) in [6.45, 7) is 10.2. The number of carbonyl (C=O) groups is 1. The molecule has 5 heteroatoms. The van der Waals surface area contributed by atoms with Gasteiger partial charge in [-0.25, -0.2) is 0 Å². The average Bonchev–Trinajstić information content (AvgIpc) is 2.69. The van der Waals surface area contributed by atoms with Gasteiger partial charge in [-0.05, 0) is 38.5 Å². The molecule has 150 valence electrons. The number of rotatable bonds is 7. The molecule has 0 aromatic heterocycles. The number of nitrogens with one attached hydrogen (secondary N) is 2. The smallest absolute Gasteiger partial charge is 0.250 e. The molecule has 1 heterocycles. The Hall–Kier alpha value is -2.37. The Bertz CT molecular complexity index is 758. The van der Waals surface area contributed by atoms with Crippen molar-refractivity contribution in [3.05, 3.63) is 66.2 Å². The molecule has 0 radical (unpaired) electrons. The van der Waals surface area contributed by atoms with E-state index in [0.717, 1.165) is 44.1 Å². The van der Waals surface area contributed by atoms with Gasteiger partial charge in [0.05, 0.1) is 13.2 Å². The summed E-state index contributed by atoms with van der Waals surface area (Å²) in [4.78, 5) is 15.9. The molecule has 1 fully saturated rings. The summed E-state index contributed by atoms with van der Waals surface area (Å²) < 4.78 is 5.43. The molecule has 1 atom stereocenters. The van der Waals surface area contributed by atoms with E-state index in [9.17, 15) is 4.79 Å². The van der Waals surface area contributed by atoms with Crippen molar-refractivity contribution in [2.24, 2.45) is 0 Å². The first-order chi connectivity index (χ1) is 13.4. The van der Waals surface area contributed by atoms with Crippen LogP contribution in [0.15, 0.2) is 60.7 Å². The maximum Gasteiger partial charge on any atom is 0.250 e. The van der Waals surface area contributed by atoms with E-state index < -0.39 is 5.54 Å². The number of hydrogen-bond donors (Lipinski definition) is 2. The number of hydrogen-bond acceptors (Lipinski definition) is 4. The number of amides is 1. The van der Waals surface area contributed by atoms with Crippen LogP contribution in [0.4, 0.5) is 5.69 Å². The Kier molecular flexibility index (Phi) is 6.37. The zero-order valence-corrected chi connectivity index (χ0v) is 17.1. The third kappa shape index (κ3) is 5.12. The van der Waals surface area contributed by atoms with Crippen LogP contribution in [0, 0.1) is 0 Å². The van der Waals surface area contributed by atoms with E-state index in [0.29, 0.717) is 0 Å². The quantitative estimate of drug-likeness (QED) is 0.773. The van der Waals surface area contributed by atoms with Gasteiger partial charge in [-0.1, -0.05) is 48.5 Å². The Balaban J connectivity index is 1.80. The number of benzene rings is 2. The van der Waals surface area contributed by atoms with Gasteiger partial charge >= 0.3 is 0 Å². The maximum atomic E-state index is 13.5. The predicted octanol–water partition coefficient (Wildman–Crippen LogP) is 3.24. The van der Waals surface area contributed by atoms with E-state index in [1.165, 1.54) is 0 Å². The summed E-state index contributed by atoms with van der Waals surface area (Å²) in [6, 6.07) is 19.7. The summed E-state index contributed by atoms with van der Waals surface area (Å²) in [6.07, 6.45) is 0. The molecule has 1 unspecified atom stereocenters. The van der Waals surface area contributed by atoms with E-state index in [4.69, 9.17) is 4.74 Å². The largest absolute Gasteiger partial charge is 0.379 e. The summed E-state index contributed by atoms with van der Waals surface area (Å²) in [5.41, 5.74) is 0.599. The number of nitrogens with zero attached hydrogens (tertiary/aromatic N) is 1. The van der Waals surface area contributed by atoms with Crippen LogP contribution in [0.3, 0.4) is 0 Å². The number of ether oxygens (including phenoxy) is 1. The minimum atomic E-state index is -0.884. The van der Waals surface area contributed by atoms with Crippen molar-refractivity contribution < 1.29 is 9.53 Å². The van der Waals surface area contributed by atoms with Crippen LogP contribution in [-0.4, -0.2) is 49.2 Å². The molecule has 1 aliphatic heterocycles. The van der Waals surface area contributed by atoms with Crippen molar-refractivity contribution in [3.8, 4) is 0 Å². The fraction of sp³-hybridized carbons (Fsp3) is 0.435. The van der Waals surface area contributed by atoms with Gasteiger partial charge in [0.1, 0.15) is 5.54 Å². The van der Waals surface area contributed by atoms with Crippen molar-refractivity contribution in [1.82, 2.24) is 10.2 Å². The van der Waals surface area contributed by atoms with E-state index in [1.807, 2.05) is 67.6 Å². The van der Waals surface area contributed by atoms with E-state index in [1.54, 1.807) is 0 Å². The minimum absolute atomic E-state index is 0.0409. The van der Waals surface area contributed by atoms with Gasteiger partial charge in [0.15, 0.2) is 0 Å². The normalized spacial score (nSPS) is 17.5. The molecule has 0 spiro atoms. The number of carbonyl (C=O) groups excluding carboxylic acids is 1. The van der Waals surface area contributed by atoms with Gasteiger partial charge in [-0.2, -0.15) is 0 Å². The summed E-state index contributed by atoms with van der Waals surface area (Å²) in [5, 5.41) is 6.73. The summed E-state index contributed by atoms with van der Waals surface area (Å²) in [5.74, 6) is -0.0409. The molecule has 2 aromatic carbocycles. The molecule has 0 aliphatic carbocycles. The monoisotopic (exact) mass is 381 g/mol. The molecule has 5 nitrogen and oxygen atoms in total. The third-order valence-corrected chi connectivity index (χ3v) is 5.15. The van der Waals surface area contributed by atoms with Crippen LogP contribution in [0.1, 0.15) is 26.3 Å². The first-order valence-electron chi connectivity index (χ1n) is 9.91. The maximum absolute atomic E-state index is 13.5. The van der Waals surface area contributed by atoms with Crippen LogP contribution < -0.4 is 10.6 Å². The van der Waals surface area contributed by atoms with Gasteiger partial charge in [0, 0.05) is 30.9 Å². The second kappa shape index (κ2) is 8.76. The summed E-state index contributed by atoms with van der Waals surface area (Å²) >= 11 is 0. The molecule has 2 aromatic rings. The standard InChI is InChI=1S/C23H31N3O2/c1-22(2,18-26-14-16-28-17-15-26)25-21(27)23(3,19-10-6-4-7-11-19)24-20-12-8-5-9-13-20/h4-13,24H,14-18H2,1-3H3,(H,25,27). The zero-order chi connectivity index (χ0) is 20.0. The molecular formula is C23H31N3O2. The van der Waals surface area contributed by atoms with E-state index in [2.05, 4.69) is 29.4 Å². The highest BCUT2D eigenvalue weighted by Gasteiger charge is 2.38. The number of para-hydroxylation sites is 1. The van der Waals surface area contributed by atoms with Gasteiger partial charge in [0.25, 0.3) is 5.91 Å². The van der Waals surface area contributed by atoms with Crippen LogP contribution in [0.25, 0.3) is 0 Å². The first kappa shape index (κ1) is 20.4. The summed E-state index contributed by atoms with van der Waals surface area (Å²) in [7, 11) is 0. The van der Waals surface area contributed by atoms with Gasteiger partial charge in [-0.15, -0.1) is 0 Å². The lowest BCUT2D eigenvalue weighted by molar-refractivity contribution is -0.127. The predicted molar refractivity (Wildman–Crippen MR) is 113 cm³/mol. The van der Waals surface area contributed by atoms with Crippen LogP contribution in [-0.2, 0) is 15.1 Å². The molecule has 1 amide bonds. The molecule has 1 aliphatic rings. The topological polar surface area (TPSA) is 53.6 Å². The van der Waals surface area contributed by atoms with Gasteiger partial charge in [0.2, 0.25) is 0 Å². The fourth-order valence-electron chi connectivity index (χ4n) is 3.63. The van der Waals surface area contributed by atoms with E-state index >= 15 is 0 Å². The molecule has 0 saturated carbocycles. The molecule has 2 N–H and O–H groups in total. The molecule has 0 bridgehead atoms. The minimum Gasteiger partial charge on any atom is -0.379 e. The lowest BCUT2D eigenvalue weighted by atomic mass is 9.89. The lowest BCUT2D eigenvalue weighted by Gasteiger charge is -2.39. The van der Waals surface area contributed by atoms with Crippen molar-refractivity contribution in [3.63, 3.8) is 0 Å². The van der Waals surface area contributed by atoms with Crippen LogP contribution in [0.2, 0.25) is 0 Å². The SMILES string of the molecule is CC(C)(CN1CCOCC1)NC(=O)C(C)(Nc1ccccc1)c1ccccc1. The second-order valence-electron chi connectivity index (χ2n) is 8.21. The third-order valence-electron chi connectivity index (χ3n) is 5.15. The van der Waals surface area contributed by atoms with Crippen molar-refractivity contribution in [1.29, 1.82) is 0 Å². The lowest BCUT2D eigenvalue weighted by Crippen LogP contribution is -2.59. The van der Waals surface area contributed by atoms with Crippen molar-refractivity contribution in [2.75, 3.05) is 38.2 Å². The number of anilines is 1. The van der Waals surface area contributed by atoms with Crippen molar-refractivity contribution in [2.45, 2.75) is 31.8 Å².